The van der Waals surface area contributed by atoms with Gasteiger partial charge in [0.1, 0.15) is 0 Å². The summed E-state index contributed by atoms with van der Waals surface area (Å²) >= 11 is 1.12. The summed E-state index contributed by atoms with van der Waals surface area (Å²) in [5.41, 5.74) is 1.37. The number of thioether (sulfide) groups is 1. The number of sulfonamides is 1. The van der Waals surface area contributed by atoms with Gasteiger partial charge in [0.25, 0.3) is 5.03 Å². The highest BCUT2D eigenvalue weighted by atomic mass is 32.2. The lowest BCUT2D eigenvalue weighted by atomic mass is 10.2. The number of hydrogen-bond acceptors (Lipinski definition) is 5. The van der Waals surface area contributed by atoms with Crippen molar-refractivity contribution in [2.24, 2.45) is 0 Å². The molecular formula is C21H21N3O4S2. The third-order valence-corrected chi connectivity index (χ3v) is 7.07. The maximum atomic E-state index is 12.8. The van der Waals surface area contributed by atoms with Gasteiger partial charge in [0, 0.05) is 31.4 Å². The Hall–Kier alpha value is -2.88. The standard InChI is InChI=1S/C21H21N3O4S2/c1-23(15-17-7-3-2-4-8-17)30(27,28)19-12-10-18(11-13-19)22-20(25)16-29-21-9-5-6-14-24(21)26/h2-14H,15-16H2,1H3,(H,22,25). The molecule has 0 aliphatic heterocycles. The molecular weight excluding hydrogens is 422 g/mol. The summed E-state index contributed by atoms with van der Waals surface area (Å²) in [6.07, 6.45) is 1.37. The fourth-order valence-electron chi connectivity index (χ4n) is 2.68. The summed E-state index contributed by atoms with van der Waals surface area (Å²) in [7, 11) is -2.13. The molecule has 1 heterocycles. The predicted molar refractivity (Wildman–Crippen MR) is 116 cm³/mol. The van der Waals surface area contributed by atoms with Gasteiger partial charge in [-0.2, -0.15) is 9.04 Å². The Kier molecular flexibility index (Phi) is 7.09. The van der Waals surface area contributed by atoms with Crippen molar-refractivity contribution in [1.82, 2.24) is 4.31 Å². The van der Waals surface area contributed by atoms with Crippen LogP contribution < -0.4 is 10.0 Å². The molecule has 0 aliphatic rings. The van der Waals surface area contributed by atoms with Crippen molar-refractivity contribution < 1.29 is 17.9 Å². The molecule has 2 aromatic carbocycles. The van der Waals surface area contributed by atoms with Crippen LogP contribution in [0.5, 0.6) is 0 Å². The fourth-order valence-corrected chi connectivity index (χ4v) is 4.55. The van der Waals surface area contributed by atoms with Crippen molar-refractivity contribution in [3.05, 3.63) is 89.8 Å². The summed E-state index contributed by atoms with van der Waals surface area (Å²) in [6.45, 7) is 0.262. The average molecular weight is 444 g/mol. The maximum Gasteiger partial charge on any atom is 0.251 e. The first kappa shape index (κ1) is 21.8. The van der Waals surface area contributed by atoms with Crippen molar-refractivity contribution in [3.63, 3.8) is 0 Å². The topological polar surface area (TPSA) is 93.4 Å². The molecule has 156 valence electrons. The summed E-state index contributed by atoms with van der Waals surface area (Å²) in [5, 5.41) is 14.7. The minimum atomic E-state index is -3.65. The molecule has 0 fully saturated rings. The van der Waals surface area contributed by atoms with Crippen LogP contribution in [0.1, 0.15) is 5.56 Å². The van der Waals surface area contributed by atoms with E-state index in [-0.39, 0.29) is 23.1 Å². The Labute approximate surface area is 180 Å². The van der Waals surface area contributed by atoms with Gasteiger partial charge < -0.3 is 10.5 Å². The Morgan fingerprint density at radius 3 is 2.37 bits per heavy atom. The highest BCUT2D eigenvalue weighted by Crippen LogP contribution is 2.20. The molecule has 1 aromatic heterocycles. The average Bonchev–Trinajstić information content (AvgIpc) is 2.74. The number of aromatic nitrogens is 1. The van der Waals surface area contributed by atoms with E-state index in [0.29, 0.717) is 15.4 Å². The molecule has 30 heavy (non-hydrogen) atoms. The summed E-state index contributed by atoms with van der Waals surface area (Å²) in [4.78, 5) is 12.3. The molecule has 0 bridgehead atoms. The molecule has 9 heteroatoms. The number of benzene rings is 2. The molecule has 3 rings (SSSR count). The van der Waals surface area contributed by atoms with Crippen LogP contribution in [0.4, 0.5) is 5.69 Å². The van der Waals surface area contributed by atoms with E-state index in [1.807, 2.05) is 30.3 Å². The lowest BCUT2D eigenvalue weighted by Crippen LogP contribution is -2.28. The molecule has 0 spiro atoms. The van der Waals surface area contributed by atoms with Crippen LogP contribution in [-0.4, -0.2) is 31.4 Å². The molecule has 0 radical (unpaired) electrons. The molecule has 1 N–H and O–H groups in total. The zero-order chi connectivity index (χ0) is 21.6. The Balaban J connectivity index is 1.59. The predicted octanol–water partition coefficient (Wildman–Crippen LogP) is 2.87. The highest BCUT2D eigenvalue weighted by molar-refractivity contribution is 7.99. The van der Waals surface area contributed by atoms with Crippen LogP contribution in [0.25, 0.3) is 0 Å². The summed E-state index contributed by atoms with van der Waals surface area (Å²) in [5.74, 6) is -0.229. The number of pyridine rings is 1. The SMILES string of the molecule is CN(Cc1ccccc1)S(=O)(=O)c1ccc(NC(=O)CSc2cccc[n+]2[O-])cc1. The van der Waals surface area contributed by atoms with Gasteiger partial charge in [-0.15, -0.1) is 0 Å². The van der Waals surface area contributed by atoms with E-state index in [0.717, 1.165) is 17.3 Å². The number of amides is 1. The van der Waals surface area contributed by atoms with Crippen LogP contribution in [-0.2, 0) is 21.4 Å². The lowest BCUT2D eigenvalue weighted by molar-refractivity contribution is -0.645. The van der Waals surface area contributed by atoms with Crippen molar-refractivity contribution >= 4 is 33.4 Å². The molecule has 0 saturated heterocycles. The van der Waals surface area contributed by atoms with E-state index in [2.05, 4.69) is 5.32 Å². The second kappa shape index (κ2) is 9.75. The normalized spacial score (nSPS) is 11.4. The molecule has 0 atom stereocenters. The van der Waals surface area contributed by atoms with Crippen LogP contribution >= 0.6 is 11.8 Å². The monoisotopic (exact) mass is 443 g/mol. The number of anilines is 1. The number of carbonyl (C=O) groups excluding carboxylic acids is 1. The zero-order valence-electron chi connectivity index (χ0n) is 16.3. The number of nitrogens with one attached hydrogen (secondary N) is 1. The van der Waals surface area contributed by atoms with Gasteiger partial charge in [0.2, 0.25) is 15.9 Å². The van der Waals surface area contributed by atoms with Crippen molar-refractivity contribution in [1.29, 1.82) is 0 Å². The molecule has 0 saturated carbocycles. The first-order valence-corrected chi connectivity index (χ1v) is 11.5. The van der Waals surface area contributed by atoms with Crippen molar-refractivity contribution in [2.75, 3.05) is 18.1 Å². The second-order valence-corrected chi connectivity index (χ2v) is 9.51. The van der Waals surface area contributed by atoms with E-state index >= 15 is 0 Å². The Morgan fingerprint density at radius 1 is 1.03 bits per heavy atom. The largest absolute Gasteiger partial charge is 0.618 e. The Bertz CT molecular complexity index is 1100. The first-order valence-electron chi connectivity index (χ1n) is 9.07. The fraction of sp³-hybridized carbons (Fsp3) is 0.143. The van der Waals surface area contributed by atoms with Gasteiger partial charge in [0.05, 0.1) is 10.6 Å². The van der Waals surface area contributed by atoms with Crippen LogP contribution in [0.3, 0.4) is 0 Å². The lowest BCUT2D eigenvalue weighted by Gasteiger charge is -2.17. The number of nitrogens with zero attached hydrogens (tertiary/aromatic N) is 2. The van der Waals surface area contributed by atoms with Crippen LogP contribution in [0, 0.1) is 5.21 Å². The van der Waals surface area contributed by atoms with Gasteiger partial charge in [-0.3, -0.25) is 4.79 Å². The smallest absolute Gasteiger partial charge is 0.251 e. The van der Waals surface area contributed by atoms with Crippen molar-refractivity contribution in [2.45, 2.75) is 16.5 Å². The highest BCUT2D eigenvalue weighted by Gasteiger charge is 2.21. The van der Waals surface area contributed by atoms with Crippen LogP contribution in [0.2, 0.25) is 0 Å². The first-order chi connectivity index (χ1) is 14.4. The van der Waals surface area contributed by atoms with Gasteiger partial charge in [-0.05, 0) is 47.7 Å². The Morgan fingerprint density at radius 2 is 1.70 bits per heavy atom. The molecule has 1 amide bonds. The minimum Gasteiger partial charge on any atom is -0.618 e. The van der Waals surface area contributed by atoms with E-state index in [4.69, 9.17) is 0 Å². The van der Waals surface area contributed by atoms with Crippen molar-refractivity contribution in [3.8, 4) is 0 Å². The zero-order valence-corrected chi connectivity index (χ0v) is 17.9. The molecule has 0 aliphatic carbocycles. The molecule has 3 aromatic rings. The van der Waals surface area contributed by atoms with E-state index in [1.165, 1.54) is 29.7 Å². The van der Waals surface area contributed by atoms with Gasteiger partial charge in [-0.1, -0.05) is 30.3 Å². The second-order valence-electron chi connectivity index (χ2n) is 6.47. The van der Waals surface area contributed by atoms with E-state index in [1.54, 1.807) is 30.3 Å². The number of hydrogen-bond donors (Lipinski definition) is 1. The molecule has 0 unspecified atom stereocenters. The number of carbonyl (C=O) groups is 1. The summed E-state index contributed by atoms with van der Waals surface area (Å²) < 4.78 is 27.5. The minimum absolute atomic E-state index is 0.0616. The van der Waals surface area contributed by atoms with E-state index in [9.17, 15) is 18.4 Å². The van der Waals surface area contributed by atoms with Gasteiger partial charge in [-0.25, -0.2) is 8.42 Å². The quantitative estimate of drug-likeness (QED) is 0.328. The van der Waals surface area contributed by atoms with Gasteiger partial charge in [0.15, 0.2) is 6.20 Å². The van der Waals surface area contributed by atoms with Crippen LogP contribution in [0.15, 0.2) is 88.9 Å². The number of rotatable bonds is 8. The maximum absolute atomic E-state index is 12.8. The van der Waals surface area contributed by atoms with Gasteiger partial charge >= 0.3 is 0 Å². The van der Waals surface area contributed by atoms with E-state index < -0.39 is 10.0 Å². The molecule has 7 nitrogen and oxygen atoms in total. The third-order valence-electron chi connectivity index (χ3n) is 4.23. The summed E-state index contributed by atoms with van der Waals surface area (Å²) in [6, 6.07) is 20.3. The third kappa shape index (κ3) is 5.59.